The Morgan fingerprint density at radius 2 is 1.92 bits per heavy atom. The van der Waals surface area contributed by atoms with Crippen LogP contribution in [-0.4, -0.2) is 13.7 Å². The van der Waals surface area contributed by atoms with Crippen molar-refractivity contribution in [3.63, 3.8) is 0 Å². The van der Waals surface area contributed by atoms with E-state index in [1.54, 1.807) is 0 Å². The zero-order chi connectivity index (χ0) is 10.3. The van der Waals surface area contributed by atoms with Crippen LogP contribution in [-0.2, 0) is 9.05 Å². The van der Waals surface area contributed by atoms with Crippen molar-refractivity contribution in [2.45, 2.75) is 45.3 Å². The number of hydrogen-bond acceptors (Lipinski definition) is 2. The lowest BCUT2D eigenvalue weighted by Gasteiger charge is -2.37. The Labute approximate surface area is 85.1 Å². The zero-order valence-corrected chi connectivity index (χ0v) is 9.95. The molecule has 1 rings (SSSR count). The molecule has 0 spiro atoms. The van der Waals surface area contributed by atoms with Gasteiger partial charge >= 0.3 is 0 Å². The summed E-state index contributed by atoms with van der Waals surface area (Å²) in [5, 5.41) is -0.349. The quantitative estimate of drug-likeness (QED) is 0.642. The van der Waals surface area contributed by atoms with Gasteiger partial charge in [-0.25, -0.2) is 8.42 Å². The van der Waals surface area contributed by atoms with Gasteiger partial charge in [-0.2, -0.15) is 0 Å². The SMILES string of the molecule is CC1CCC(C)(C)CC1S(=O)(=O)Cl. The second kappa shape index (κ2) is 3.43. The van der Waals surface area contributed by atoms with Crippen molar-refractivity contribution in [2.75, 3.05) is 0 Å². The standard InChI is InChI=1S/C9H17ClO2S/c1-7-4-5-9(2,3)6-8(7)13(10,11)12/h7-8H,4-6H2,1-3H3. The minimum Gasteiger partial charge on any atom is -0.212 e. The van der Waals surface area contributed by atoms with Gasteiger partial charge in [0.15, 0.2) is 0 Å². The van der Waals surface area contributed by atoms with Crippen LogP contribution < -0.4 is 0 Å². The maximum absolute atomic E-state index is 11.2. The fourth-order valence-electron chi connectivity index (χ4n) is 2.03. The van der Waals surface area contributed by atoms with Gasteiger partial charge in [0.25, 0.3) is 0 Å². The van der Waals surface area contributed by atoms with Gasteiger partial charge in [-0.15, -0.1) is 0 Å². The predicted molar refractivity (Wildman–Crippen MR) is 55.4 cm³/mol. The molecule has 2 unspecified atom stereocenters. The summed E-state index contributed by atoms with van der Waals surface area (Å²) in [6, 6.07) is 0. The highest BCUT2D eigenvalue weighted by atomic mass is 35.7. The van der Waals surface area contributed by atoms with Crippen LogP contribution in [0.1, 0.15) is 40.0 Å². The smallest absolute Gasteiger partial charge is 0.212 e. The Balaban J connectivity index is 2.84. The molecule has 2 atom stereocenters. The Morgan fingerprint density at radius 3 is 2.31 bits per heavy atom. The van der Waals surface area contributed by atoms with E-state index in [0.717, 1.165) is 12.8 Å². The van der Waals surface area contributed by atoms with Gasteiger partial charge in [0, 0.05) is 10.7 Å². The Hall–Kier alpha value is 0.240. The lowest BCUT2D eigenvalue weighted by atomic mass is 9.73. The Morgan fingerprint density at radius 1 is 1.38 bits per heavy atom. The maximum atomic E-state index is 11.2. The molecule has 1 aliphatic carbocycles. The first-order valence-electron chi connectivity index (χ1n) is 4.66. The summed E-state index contributed by atoms with van der Waals surface area (Å²) in [6.45, 7) is 6.18. The molecule has 4 heteroatoms. The lowest BCUT2D eigenvalue weighted by Crippen LogP contribution is -2.36. The molecule has 78 valence electrons. The summed E-state index contributed by atoms with van der Waals surface area (Å²) < 4.78 is 22.5. The van der Waals surface area contributed by atoms with E-state index in [0.29, 0.717) is 6.42 Å². The van der Waals surface area contributed by atoms with E-state index >= 15 is 0 Å². The summed E-state index contributed by atoms with van der Waals surface area (Å²) in [6.07, 6.45) is 2.75. The molecule has 0 amide bonds. The molecular weight excluding hydrogens is 208 g/mol. The van der Waals surface area contributed by atoms with Crippen LogP contribution in [0.2, 0.25) is 0 Å². The Kier molecular flexibility index (Phi) is 2.98. The summed E-state index contributed by atoms with van der Waals surface area (Å²) in [5.41, 5.74) is 0.124. The molecular formula is C9H17ClO2S. The van der Waals surface area contributed by atoms with Crippen LogP contribution in [0.15, 0.2) is 0 Å². The molecule has 13 heavy (non-hydrogen) atoms. The van der Waals surface area contributed by atoms with E-state index < -0.39 is 9.05 Å². The fourth-order valence-corrected chi connectivity index (χ4v) is 4.09. The van der Waals surface area contributed by atoms with Gasteiger partial charge in [-0.3, -0.25) is 0 Å². The zero-order valence-electron chi connectivity index (χ0n) is 8.38. The molecule has 0 aliphatic heterocycles. The largest absolute Gasteiger partial charge is 0.235 e. The average Bonchev–Trinajstić information content (AvgIpc) is 1.92. The highest BCUT2D eigenvalue weighted by Gasteiger charge is 2.39. The summed E-state index contributed by atoms with van der Waals surface area (Å²) in [4.78, 5) is 0. The molecule has 0 N–H and O–H groups in total. The van der Waals surface area contributed by atoms with Gasteiger partial charge in [0.1, 0.15) is 0 Å². The molecule has 0 heterocycles. The van der Waals surface area contributed by atoms with Gasteiger partial charge in [-0.1, -0.05) is 20.8 Å². The molecule has 0 aromatic carbocycles. The Bertz CT molecular complexity index is 282. The van der Waals surface area contributed by atoms with Crippen molar-refractivity contribution in [1.29, 1.82) is 0 Å². The second-order valence-electron chi connectivity index (χ2n) is 4.90. The molecule has 0 aromatic heterocycles. The predicted octanol–water partition coefficient (Wildman–Crippen LogP) is 2.77. The first kappa shape index (κ1) is 11.3. The highest BCUT2D eigenvalue weighted by Crippen LogP contribution is 2.41. The molecule has 0 bridgehead atoms. The number of rotatable bonds is 1. The van der Waals surface area contributed by atoms with Crippen molar-refractivity contribution < 1.29 is 8.42 Å². The number of hydrogen-bond donors (Lipinski definition) is 0. The van der Waals surface area contributed by atoms with Crippen LogP contribution in [0.3, 0.4) is 0 Å². The van der Waals surface area contributed by atoms with Gasteiger partial charge in [0.05, 0.1) is 5.25 Å². The van der Waals surface area contributed by atoms with E-state index in [-0.39, 0.29) is 16.6 Å². The maximum Gasteiger partial charge on any atom is 0.235 e. The molecule has 2 nitrogen and oxygen atoms in total. The molecule has 0 radical (unpaired) electrons. The minimum absolute atomic E-state index is 0.124. The fraction of sp³-hybridized carbons (Fsp3) is 1.00. The first-order valence-corrected chi connectivity index (χ1v) is 7.03. The second-order valence-corrected chi connectivity index (χ2v) is 7.75. The van der Waals surface area contributed by atoms with Crippen molar-refractivity contribution in [1.82, 2.24) is 0 Å². The van der Waals surface area contributed by atoms with Gasteiger partial charge in [0.2, 0.25) is 9.05 Å². The van der Waals surface area contributed by atoms with Gasteiger partial charge in [-0.05, 0) is 30.6 Å². The van der Waals surface area contributed by atoms with Crippen LogP contribution in [0.4, 0.5) is 0 Å². The van der Waals surface area contributed by atoms with E-state index in [1.807, 2.05) is 6.92 Å². The highest BCUT2D eigenvalue weighted by molar-refractivity contribution is 8.14. The van der Waals surface area contributed by atoms with Crippen molar-refractivity contribution in [3.8, 4) is 0 Å². The van der Waals surface area contributed by atoms with Crippen molar-refractivity contribution in [2.24, 2.45) is 11.3 Å². The van der Waals surface area contributed by atoms with E-state index in [2.05, 4.69) is 13.8 Å². The third kappa shape index (κ3) is 2.84. The van der Waals surface area contributed by atoms with Crippen molar-refractivity contribution in [3.05, 3.63) is 0 Å². The average molecular weight is 225 g/mol. The molecule has 1 fully saturated rings. The minimum atomic E-state index is -3.37. The van der Waals surface area contributed by atoms with Crippen LogP contribution in [0.25, 0.3) is 0 Å². The van der Waals surface area contributed by atoms with E-state index in [9.17, 15) is 8.42 Å². The first-order chi connectivity index (χ1) is 5.72. The molecule has 0 aromatic rings. The topological polar surface area (TPSA) is 34.1 Å². The molecule has 0 saturated heterocycles. The lowest BCUT2D eigenvalue weighted by molar-refractivity contribution is 0.204. The third-order valence-corrected chi connectivity index (χ3v) is 5.07. The van der Waals surface area contributed by atoms with Crippen LogP contribution in [0, 0.1) is 11.3 Å². The molecule has 1 saturated carbocycles. The summed E-state index contributed by atoms with van der Waals surface area (Å²) in [5.74, 6) is 0.204. The van der Waals surface area contributed by atoms with E-state index in [4.69, 9.17) is 10.7 Å². The third-order valence-electron chi connectivity index (χ3n) is 3.03. The normalized spacial score (nSPS) is 34.5. The van der Waals surface area contributed by atoms with Gasteiger partial charge < -0.3 is 0 Å². The summed E-state index contributed by atoms with van der Waals surface area (Å²) >= 11 is 0. The monoisotopic (exact) mass is 224 g/mol. The van der Waals surface area contributed by atoms with Crippen molar-refractivity contribution >= 4 is 19.7 Å². The molecule has 1 aliphatic rings. The number of halogens is 1. The van der Waals surface area contributed by atoms with E-state index in [1.165, 1.54) is 0 Å². The summed E-state index contributed by atoms with van der Waals surface area (Å²) in [7, 11) is 2.03. The van der Waals surface area contributed by atoms with Crippen LogP contribution in [0.5, 0.6) is 0 Å². The van der Waals surface area contributed by atoms with Crippen LogP contribution >= 0.6 is 10.7 Å².